The van der Waals surface area contributed by atoms with Crippen LogP contribution in [0.5, 0.6) is 0 Å². The Bertz CT molecular complexity index is 326. The maximum atomic E-state index is 9.33. The Labute approximate surface area is 98.9 Å². The number of hydrogen-bond donors (Lipinski definition) is 1. The molecule has 0 saturated heterocycles. The molecule has 2 unspecified atom stereocenters. The van der Waals surface area contributed by atoms with Crippen LogP contribution in [-0.2, 0) is 0 Å². The van der Waals surface area contributed by atoms with Gasteiger partial charge in [0, 0.05) is 12.6 Å². The summed E-state index contributed by atoms with van der Waals surface area (Å²) in [5.41, 5.74) is 3.86. The maximum absolute atomic E-state index is 9.33. The monoisotopic (exact) mass is 221 g/mol. The highest BCUT2D eigenvalue weighted by molar-refractivity contribution is 5.31. The highest BCUT2D eigenvalue weighted by atomic mass is 16.3. The van der Waals surface area contributed by atoms with Crippen molar-refractivity contribution in [3.63, 3.8) is 0 Å². The van der Waals surface area contributed by atoms with Crippen molar-refractivity contribution >= 4 is 0 Å². The lowest BCUT2D eigenvalue weighted by Gasteiger charge is -2.30. The van der Waals surface area contributed by atoms with E-state index in [0.717, 1.165) is 0 Å². The molecule has 1 N–H and O–H groups in total. The summed E-state index contributed by atoms with van der Waals surface area (Å²) in [6.07, 6.45) is 0. The van der Waals surface area contributed by atoms with Crippen molar-refractivity contribution in [2.24, 2.45) is 5.92 Å². The molecule has 1 rings (SSSR count). The van der Waals surface area contributed by atoms with Gasteiger partial charge in [-0.05, 0) is 39.4 Å². The normalized spacial score (nSPS) is 15.2. The largest absolute Gasteiger partial charge is 0.396 e. The summed E-state index contributed by atoms with van der Waals surface area (Å²) in [6, 6.07) is 6.89. The van der Waals surface area contributed by atoms with Gasteiger partial charge < -0.3 is 10.0 Å². The molecular weight excluding hydrogens is 198 g/mol. The first-order chi connectivity index (χ1) is 7.45. The number of benzene rings is 1. The van der Waals surface area contributed by atoms with E-state index in [-0.39, 0.29) is 18.6 Å². The topological polar surface area (TPSA) is 23.5 Å². The number of aryl methyl sites for hydroxylation is 2. The first kappa shape index (κ1) is 13.2. The van der Waals surface area contributed by atoms with Gasteiger partial charge in [0.1, 0.15) is 0 Å². The Balaban J connectivity index is 3.10. The van der Waals surface area contributed by atoms with Gasteiger partial charge in [-0.2, -0.15) is 0 Å². The van der Waals surface area contributed by atoms with E-state index in [1.165, 1.54) is 16.7 Å². The van der Waals surface area contributed by atoms with Crippen LogP contribution in [0.4, 0.5) is 0 Å². The van der Waals surface area contributed by atoms with Crippen LogP contribution < -0.4 is 0 Å². The van der Waals surface area contributed by atoms with Gasteiger partial charge in [-0.25, -0.2) is 0 Å². The minimum atomic E-state index is 0.218. The lowest BCUT2D eigenvalue weighted by atomic mass is 9.92. The highest BCUT2D eigenvalue weighted by Crippen LogP contribution is 2.27. The summed E-state index contributed by atoms with van der Waals surface area (Å²) < 4.78 is 0. The fourth-order valence-electron chi connectivity index (χ4n) is 2.42. The van der Waals surface area contributed by atoms with Crippen LogP contribution in [0.2, 0.25) is 0 Å². The predicted molar refractivity (Wildman–Crippen MR) is 68.6 cm³/mol. The number of hydrogen-bond acceptors (Lipinski definition) is 2. The Morgan fingerprint density at radius 1 is 1.12 bits per heavy atom. The zero-order valence-electron chi connectivity index (χ0n) is 11.0. The fraction of sp³-hybridized carbons (Fsp3) is 0.571. The van der Waals surface area contributed by atoms with Crippen LogP contribution in [0.3, 0.4) is 0 Å². The van der Waals surface area contributed by atoms with Gasteiger partial charge in [-0.15, -0.1) is 0 Å². The van der Waals surface area contributed by atoms with Crippen LogP contribution in [-0.4, -0.2) is 30.7 Å². The molecule has 0 spiro atoms. The molecule has 0 aliphatic carbocycles. The first-order valence-electron chi connectivity index (χ1n) is 5.81. The summed E-state index contributed by atoms with van der Waals surface area (Å²) in [5, 5.41) is 9.33. The molecule has 90 valence electrons. The molecular formula is C14H23NO. The van der Waals surface area contributed by atoms with Crippen molar-refractivity contribution < 1.29 is 5.11 Å². The Morgan fingerprint density at radius 3 is 2.00 bits per heavy atom. The molecule has 16 heavy (non-hydrogen) atoms. The number of rotatable bonds is 4. The first-order valence-corrected chi connectivity index (χ1v) is 5.81. The van der Waals surface area contributed by atoms with Crippen molar-refractivity contribution in [2.75, 3.05) is 20.7 Å². The molecule has 2 heteroatoms. The van der Waals surface area contributed by atoms with E-state index in [9.17, 15) is 5.11 Å². The molecule has 2 atom stereocenters. The minimum Gasteiger partial charge on any atom is -0.396 e. The SMILES string of the molecule is Cc1cc(C)cc(C(C(C)CO)N(C)C)c1. The van der Waals surface area contributed by atoms with Gasteiger partial charge in [-0.1, -0.05) is 36.2 Å². The smallest absolute Gasteiger partial charge is 0.0474 e. The lowest BCUT2D eigenvalue weighted by Crippen LogP contribution is -2.28. The molecule has 1 aromatic carbocycles. The quantitative estimate of drug-likeness (QED) is 0.844. The molecule has 1 aromatic rings. The van der Waals surface area contributed by atoms with Crippen LogP contribution in [0, 0.1) is 19.8 Å². The lowest BCUT2D eigenvalue weighted by molar-refractivity contribution is 0.145. The van der Waals surface area contributed by atoms with E-state index in [4.69, 9.17) is 0 Å². The van der Waals surface area contributed by atoms with Crippen molar-refractivity contribution in [1.29, 1.82) is 0 Å². The van der Waals surface area contributed by atoms with E-state index in [1.807, 2.05) is 0 Å². The van der Waals surface area contributed by atoms with E-state index < -0.39 is 0 Å². The number of aliphatic hydroxyl groups excluding tert-OH is 1. The maximum Gasteiger partial charge on any atom is 0.0474 e. The van der Waals surface area contributed by atoms with Gasteiger partial charge in [0.05, 0.1) is 0 Å². The van der Waals surface area contributed by atoms with Crippen LogP contribution in [0.1, 0.15) is 29.7 Å². The van der Waals surface area contributed by atoms with Crippen molar-refractivity contribution in [1.82, 2.24) is 4.90 Å². The molecule has 0 aliphatic rings. The summed E-state index contributed by atoms with van der Waals surface area (Å²) in [6.45, 7) is 6.54. The Kier molecular flexibility index (Phi) is 4.51. The Morgan fingerprint density at radius 2 is 1.62 bits per heavy atom. The molecule has 0 radical (unpaired) electrons. The molecule has 0 bridgehead atoms. The number of nitrogens with zero attached hydrogens (tertiary/aromatic N) is 1. The zero-order chi connectivity index (χ0) is 12.3. The second kappa shape index (κ2) is 5.46. The van der Waals surface area contributed by atoms with E-state index in [0.29, 0.717) is 0 Å². The molecule has 0 aromatic heterocycles. The summed E-state index contributed by atoms with van der Waals surface area (Å²) in [4.78, 5) is 2.18. The van der Waals surface area contributed by atoms with E-state index in [1.54, 1.807) is 0 Å². The van der Waals surface area contributed by atoms with Gasteiger partial charge in [0.2, 0.25) is 0 Å². The zero-order valence-corrected chi connectivity index (χ0v) is 11.0. The number of aliphatic hydroxyl groups is 1. The van der Waals surface area contributed by atoms with Crippen LogP contribution in [0.15, 0.2) is 18.2 Å². The minimum absolute atomic E-state index is 0.218. The van der Waals surface area contributed by atoms with Crippen LogP contribution >= 0.6 is 0 Å². The molecule has 2 nitrogen and oxygen atoms in total. The average molecular weight is 221 g/mol. The second-order valence-electron chi connectivity index (χ2n) is 4.99. The summed E-state index contributed by atoms with van der Waals surface area (Å²) in [5.74, 6) is 0.246. The van der Waals surface area contributed by atoms with Crippen molar-refractivity contribution in [3.05, 3.63) is 34.9 Å². The molecule has 0 heterocycles. The molecule has 0 amide bonds. The van der Waals surface area contributed by atoms with Crippen molar-refractivity contribution in [3.8, 4) is 0 Å². The third kappa shape index (κ3) is 3.06. The third-order valence-electron chi connectivity index (χ3n) is 2.97. The van der Waals surface area contributed by atoms with Gasteiger partial charge in [0.25, 0.3) is 0 Å². The fourth-order valence-corrected chi connectivity index (χ4v) is 2.42. The van der Waals surface area contributed by atoms with E-state index in [2.05, 4.69) is 58.0 Å². The van der Waals surface area contributed by atoms with Gasteiger partial charge in [0.15, 0.2) is 0 Å². The third-order valence-corrected chi connectivity index (χ3v) is 2.97. The molecule has 0 saturated carbocycles. The average Bonchev–Trinajstić information content (AvgIpc) is 2.15. The molecule has 0 fully saturated rings. The second-order valence-corrected chi connectivity index (χ2v) is 4.99. The van der Waals surface area contributed by atoms with Crippen molar-refractivity contribution in [2.45, 2.75) is 26.8 Å². The van der Waals surface area contributed by atoms with Gasteiger partial charge >= 0.3 is 0 Å². The Hall–Kier alpha value is -0.860. The summed E-state index contributed by atoms with van der Waals surface area (Å²) >= 11 is 0. The highest BCUT2D eigenvalue weighted by Gasteiger charge is 2.21. The predicted octanol–water partition coefficient (Wildman–Crippen LogP) is 2.53. The molecule has 0 aliphatic heterocycles. The standard InChI is InChI=1S/C14H23NO/c1-10-6-11(2)8-13(7-10)14(15(4)5)12(3)9-16/h6-8,12,14,16H,9H2,1-5H3. The summed E-state index contributed by atoms with van der Waals surface area (Å²) in [7, 11) is 4.13. The van der Waals surface area contributed by atoms with Crippen LogP contribution in [0.25, 0.3) is 0 Å². The van der Waals surface area contributed by atoms with E-state index >= 15 is 0 Å². The van der Waals surface area contributed by atoms with Gasteiger partial charge in [-0.3, -0.25) is 0 Å².